The first-order chi connectivity index (χ1) is 23.3. The lowest BCUT2D eigenvalue weighted by atomic mass is 10.0. The Bertz CT molecular complexity index is 716. The zero-order valence-corrected chi connectivity index (χ0v) is 31.5. The lowest BCUT2D eigenvalue weighted by Gasteiger charge is -2.30. The Balaban J connectivity index is 3.82. The van der Waals surface area contributed by atoms with Gasteiger partial charge in [0, 0.05) is 12.8 Å². The maximum Gasteiger partial charge on any atom is 0.305 e. The van der Waals surface area contributed by atoms with E-state index in [1.54, 1.807) is 0 Å². The normalized spacial score (nSPS) is 13.0. The molecule has 0 aromatic heterocycles. The number of esters is 1. The summed E-state index contributed by atoms with van der Waals surface area (Å²) in [5, 5.41) is 42.6. The molecule has 0 saturated heterocycles. The second-order valence-corrected chi connectivity index (χ2v) is 14.5. The molecule has 0 aromatic carbocycles. The van der Waals surface area contributed by atoms with Crippen LogP contribution in [0.4, 0.5) is 0 Å². The number of nitrogens with one attached hydrogen (secondary N) is 1. The van der Waals surface area contributed by atoms with Crippen molar-refractivity contribution in [3.63, 3.8) is 0 Å². The lowest BCUT2D eigenvalue weighted by molar-refractivity contribution is -0.149. The average molecular weight is 686 g/mol. The summed E-state index contributed by atoms with van der Waals surface area (Å²) in [5.74, 6) is -0.622. The monoisotopic (exact) mass is 686 g/mol. The number of aliphatic hydroxyl groups is 4. The van der Waals surface area contributed by atoms with Crippen LogP contribution in [0.15, 0.2) is 0 Å². The number of amides is 1. The first-order valence-electron chi connectivity index (χ1n) is 20.4. The van der Waals surface area contributed by atoms with Crippen LogP contribution in [0.5, 0.6) is 0 Å². The number of rotatable bonds is 37. The molecule has 5 N–H and O–H groups in total. The molecule has 8 heteroatoms. The summed E-state index contributed by atoms with van der Waals surface area (Å²) in [4.78, 5) is 24.8. The van der Waals surface area contributed by atoms with E-state index in [0.717, 1.165) is 109 Å². The molecule has 0 aliphatic rings. The van der Waals surface area contributed by atoms with Crippen LogP contribution < -0.4 is 5.32 Å². The van der Waals surface area contributed by atoms with E-state index in [4.69, 9.17) is 4.74 Å². The zero-order chi connectivity index (χ0) is 35.6. The van der Waals surface area contributed by atoms with Gasteiger partial charge in [0.05, 0.1) is 25.4 Å². The van der Waals surface area contributed by atoms with Gasteiger partial charge >= 0.3 is 5.97 Å². The maximum absolute atomic E-state index is 12.5. The Morgan fingerprint density at radius 3 is 1.23 bits per heavy atom. The number of ether oxygens (including phenoxy) is 1. The molecule has 1 amide bonds. The van der Waals surface area contributed by atoms with Crippen molar-refractivity contribution in [3.8, 4) is 0 Å². The van der Waals surface area contributed by atoms with Crippen LogP contribution in [-0.4, -0.2) is 69.9 Å². The van der Waals surface area contributed by atoms with Crippen LogP contribution in [0.3, 0.4) is 0 Å². The Morgan fingerprint density at radius 2 is 0.854 bits per heavy atom. The van der Waals surface area contributed by atoms with Crippen molar-refractivity contribution in [2.24, 2.45) is 0 Å². The SMILES string of the molecule is CCCCCCC(O)CCCCCCCCCCC(=O)NC(CO)(CO)COC(=O)CCCCCCCCCCC(O)CCCCCC. The average Bonchev–Trinajstić information content (AvgIpc) is 3.08. The standard InChI is InChI=1S/C40H79NO7/c1-3-5-7-21-27-36(44)29-23-17-13-9-11-15-19-25-31-38(46)41-40(33-42,34-43)35-48-39(47)32-26-20-16-12-10-14-18-24-30-37(45)28-22-8-6-4-2/h36-37,42-45H,3-35H2,1-2H3,(H,41,46). The molecule has 8 nitrogen and oxygen atoms in total. The molecule has 0 aliphatic carbocycles. The fraction of sp³-hybridized carbons (Fsp3) is 0.950. The van der Waals surface area contributed by atoms with Gasteiger partial charge in [0.15, 0.2) is 0 Å². The topological polar surface area (TPSA) is 136 Å². The molecule has 2 unspecified atom stereocenters. The third-order valence-electron chi connectivity index (χ3n) is 9.66. The van der Waals surface area contributed by atoms with Gasteiger partial charge < -0.3 is 30.5 Å². The lowest BCUT2D eigenvalue weighted by Crippen LogP contribution is -2.57. The number of aliphatic hydroxyl groups excluding tert-OH is 4. The van der Waals surface area contributed by atoms with Crippen LogP contribution in [-0.2, 0) is 14.3 Å². The van der Waals surface area contributed by atoms with Gasteiger partial charge in [-0.15, -0.1) is 0 Å². The molecule has 0 heterocycles. The predicted octanol–water partition coefficient (Wildman–Crippen LogP) is 8.83. The van der Waals surface area contributed by atoms with Gasteiger partial charge in [-0.2, -0.15) is 0 Å². The van der Waals surface area contributed by atoms with Crippen LogP contribution in [0, 0.1) is 0 Å². The van der Waals surface area contributed by atoms with E-state index in [1.807, 2.05) is 0 Å². The Kier molecular flexibility index (Phi) is 33.4. The number of unbranched alkanes of at least 4 members (excludes halogenated alkanes) is 20. The van der Waals surface area contributed by atoms with E-state index in [0.29, 0.717) is 6.42 Å². The van der Waals surface area contributed by atoms with Gasteiger partial charge in [-0.25, -0.2) is 0 Å². The van der Waals surface area contributed by atoms with E-state index in [2.05, 4.69) is 19.2 Å². The Morgan fingerprint density at radius 1 is 0.521 bits per heavy atom. The molecule has 2 atom stereocenters. The third kappa shape index (κ3) is 29.7. The fourth-order valence-electron chi connectivity index (χ4n) is 6.24. The van der Waals surface area contributed by atoms with Gasteiger partial charge in [-0.05, 0) is 38.5 Å². The van der Waals surface area contributed by atoms with E-state index in [1.165, 1.54) is 70.6 Å². The summed E-state index contributed by atoms with van der Waals surface area (Å²) < 4.78 is 5.35. The highest BCUT2D eigenvalue weighted by Crippen LogP contribution is 2.16. The maximum atomic E-state index is 12.5. The van der Waals surface area contributed by atoms with Gasteiger partial charge in [-0.1, -0.05) is 155 Å². The molecule has 0 saturated carbocycles. The number of hydrogen-bond acceptors (Lipinski definition) is 7. The largest absolute Gasteiger partial charge is 0.463 e. The summed E-state index contributed by atoms with van der Waals surface area (Å²) in [6.07, 6.45) is 30.8. The zero-order valence-electron chi connectivity index (χ0n) is 31.5. The molecular weight excluding hydrogens is 606 g/mol. The smallest absolute Gasteiger partial charge is 0.305 e. The summed E-state index contributed by atoms with van der Waals surface area (Å²) in [5.41, 5.74) is -1.36. The number of carbonyl (C=O) groups is 2. The van der Waals surface area contributed by atoms with E-state index in [9.17, 15) is 30.0 Å². The van der Waals surface area contributed by atoms with Crippen molar-refractivity contribution >= 4 is 11.9 Å². The number of carbonyl (C=O) groups excluding carboxylic acids is 2. The van der Waals surface area contributed by atoms with Crippen molar-refractivity contribution in [2.45, 2.75) is 224 Å². The highest BCUT2D eigenvalue weighted by atomic mass is 16.5. The number of hydrogen-bond donors (Lipinski definition) is 5. The molecular formula is C40H79NO7. The molecule has 286 valence electrons. The van der Waals surface area contributed by atoms with E-state index < -0.39 is 18.8 Å². The minimum Gasteiger partial charge on any atom is -0.463 e. The molecule has 0 radical (unpaired) electrons. The second kappa shape index (κ2) is 34.2. The molecule has 48 heavy (non-hydrogen) atoms. The van der Waals surface area contributed by atoms with Crippen molar-refractivity contribution < 1.29 is 34.8 Å². The minimum atomic E-state index is -1.36. The van der Waals surface area contributed by atoms with Crippen LogP contribution in [0.2, 0.25) is 0 Å². The van der Waals surface area contributed by atoms with E-state index >= 15 is 0 Å². The van der Waals surface area contributed by atoms with Crippen molar-refractivity contribution in [3.05, 3.63) is 0 Å². The molecule has 0 rings (SSSR count). The quantitative estimate of drug-likeness (QED) is 0.0326. The minimum absolute atomic E-state index is 0.138. The van der Waals surface area contributed by atoms with Gasteiger partial charge in [0.2, 0.25) is 5.91 Å². The first-order valence-corrected chi connectivity index (χ1v) is 20.4. The molecule has 0 bridgehead atoms. The van der Waals surface area contributed by atoms with Gasteiger partial charge in [0.1, 0.15) is 12.1 Å². The first kappa shape index (κ1) is 46.8. The van der Waals surface area contributed by atoms with Crippen LogP contribution in [0.25, 0.3) is 0 Å². The second-order valence-electron chi connectivity index (χ2n) is 14.5. The summed E-state index contributed by atoms with van der Waals surface area (Å²) in [6, 6.07) is 0. The van der Waals surface area contributed by atoms with E-state index in [-0.39, 0.29) is 37.1 Å². The van der Waals surface area contributed by atoms with Crippen molar-refractivity contribution in [2.75, 3.05) is 19.8 Å². The Hall–Kier alpha value is -1.22. The van der Waals surface area contributed by atoms with Crippen molar-refractivity contribution in [1.82, 2.24) is 5.32 Å². The molecule has 0 spiro atoms. The highest BCUT2D eigenvalue weighted by molar-refractivity contribution is 5.77. The predicted molar refractivity (Wildman–Crippen MR) is 198 cm³/mol. The van der Waals surface area contributed by atoms with Gasteiger partial charge in [-0.3, -0.25) is 9.59 Å². The fourth-order valence-corrected chi connectivity index (χ4v) is 6.24. The Labute approximate surface area is 295 Å². The summed E-state index contributed by atoms with van der Waals surface area (Å²) >= 11 is 0. The molecule has 0 aromatic rings. The third-order valence-corrected chi connectivity index (χ3v) is 9.66. The van der Waals surface area contributed by atoms with Crippen molar-refractivity contribution in [1.29, 1.82) is 0 Å². The van der Waals surface area contributed by atoms with Crippen LogP contribution >= 0.6 is 0 Å². The molecule has 0 fully saturated rings. The highest BCUT2D eigenvalue weighted by Gasteiger charge is 2.32. The molecule has 0 aliphatic heterocycles. The van der Waals surface area contributed by atoms with Crippen LogP contribution in [0.1, 0.15) is 206 Å². The summed E-state index contributed by atoms with van der Waals surface area (Å²) in [6.45, 7) is 3.16. The van der Waals surface area contributed by atoms with Gasteiger partial charge in [0.25, 0.3) is 0 Å². The summed E-state index contributed by atoms with van der Waals surface area (Å²) in [7, 11) is 0.